The van der Waals surface area contributed by atoms with Gasteiger partial charge in [0.1, 0.15) is 0 Å². The van der Waals surface area contributed by atoms with E-state index < -0.39 is 0 Å². The van der Waals surface area contributed by atoms with Crippen molar-refractivity contribution in [2.75, 3.05) is 40.3 Å². The molecular formula is C32H41NO4. The van der Waals surface area contributed by atoms with Gasteiger partial charge in [-0.1, -0.05) is 52.0 Å². The molecule has 0 unspecified atom stereocenters. The van der Waals surface area contributed by atoms with Gasteiger partial charge in [-0.3, -0.25) is 0 Å². The molecule has 3 aromatic rings. The van der Waals surface area contributed by atoms with E-state index in [1.165, 1.54) is 5.56 Å². The molecule has 0 saturated carbocycles. The molecule has 0 bridgehead atoms. The van der Waals surface area contributed by atoms with Crippen molar-refractivity contribution >= 4 is 17.3 Å². The van der Waals surface area contributed by atoms with E-state index in [-0.39, 0.29) is 5.41 Å². The number of hydrogen-bond acceptors (Lipinski definition) is 5. The summed E-state index contributed by atoms with van der Waals surface area (Å²) < 4.78 is 22.7. The molecule has 198 valence electrons. The Morgan fingerprint density at radius 3 is 1.97 bits per heavy atom. The first kappa shape index (κ1) is 28.0. The normalized spacial score (nSPS) is 11.8. The Labute approximate surface area is 222 Å². The summed E-state index contributed by atoms with van der Waals surface area (Å²) in [5.41, 5.74) is 7.59. The van der Waals surface area contributed by atoms with Crippen molar-refractivity contribution in [3.63, 3.8) is 0 Å². The lowest BCUT2D eigenvalue weighted by Crippen LogP contribution is -2.10. The van der Waals surface area contributed by atoms with Crippen LogP contribution in [0.5, 0.6) is 23.0 Å². The third-order valence-corrected chi connectivity index (χ3v) is 6.49. The zero-order chi connectivity index (χ0) is 27.2. The molecule has 0 radical (unpaired) electrons. The molecule has 5 heteroatoms. The van der Waals surface area contributed by atoms with Gasteiger partial charge in [0.15, 0.2) is 23.0 Å². The van der Waals surface area contributed by atoms with Crippen molar-refractivity contribution in [1.29, 1.82) is 0 Å². The van der Waals surface area contributed by atoms with Gasteiger partial charge in [0.05, 0.1) is 28.4 Å². The molecule has 0 heterocycles. The van der Waals surface area contributed by atoms with Crippen LogP contribution in [-0.2, 0) is 5.41 Å². The minimum atomic E-state index is 0.0877. The second kappa shape index (κ2) is 12.1. The lowest BCUT2D eigenvalue weighted by atomic mass is 9.86. The van der Waals surface area contributed by atoms with Crippen LogP contribution in [-0.4, -0.2) is 35.0 Å². The van der Waals surface area contributed by atoms with Crippen molar-refractivity contribution in [2.24, 2.45) is 0 Å². The zero-order valence-corrected chi connectivity index (χ0v) is 23.7. The highest BCUT2D eigenvalue weighted by Gasteiger charge is 2.18. The Morgan fingerprint density at radius 2 is 1.43 bits per heavy atom. The fourth-order valence-electron chi connectivity index (χ4n) is 4.30. The summed E-state index contributed by atoms with van der Waals surface area (Å²) in [6, 6.07) is 16.9. The molecule has 5 nitrogen and oxygen atoms in total. The van der Waals surface area contributed by atoms with Crippen LogP contribution in [0.2, 0.25) is 0 Å². The first-order chi connectivity index (χ1) is 17.7. The quantitative estimate of drug-likeness (QED) is 0.284. The Bertz CT molecular complexity index is 1240. The van der Waals surface area contributed by atoms with E-state index >= 15 is 0 Å². The van der Waals surface area contributed by atoms with Gasteiger partial charge < -0.3 is 24.3 Å². The molecule has 0 aliphatic heterocycles. The summed E-state index contributed by atoms with van der Waals surface area (Å²) in [4.78, 5) is 0. The van der Waals surface area contributed by atoms with Crippen molar-refractivity contribution in [2.45, 2.75) is 46.5 Å². The van der Waals surface area contributed by atoms with Crippen LogP contribution in [0.15, 0.2) is 48.5 Å². The maximum Gasteiger partial charge on any atom is 0.168 e. The number of allylic oxidation sites excluding steroid dienone is 1. The molecule has 3 rings (SSSR count). The van der Waals surface area contributed by atoms with Crippen LogP contribution in [0.1, 0.15) is 57.7 Å². The van der Waals surface area contributed by atoms with E-state index in [9.17, 15) is 0 Å². The molecule has 0 aliphatic carbocycles. The molecule has 37 heavy (non-hydrogen) atoms. The van der Waals surface area contributed by atoms with E-state index in [2.05, 4.69) is 76.3 Å². The SMILES string of the molecule is CCCNc1cc(OC)c(OC)cc1/C=C(\C)c1cc(OC)c(OC)c(-c2ccc(C(C)(C)C)cc2)c1. The Kier molecular flexibility index (Phi) is 9.14. The highest BCUT2D eigenvalue weighted by atomic mass is 16.5. The number of nitrogens with one attached hydrogen (secondary N) is 1. The van der Waals surface area contributed by atoms with E-state index in [4.69, 9.17) is 18.9 Å². The summed E-state index contributed by atoms with van der Waals surface area (Å²) in [6.45, 7) is 11.8. The summed E-state index contributed by atoms with van der Waals surface area (Å²) in [6.07, 6.45) is 3.18. The van der Waals surface area contributed by atoms with Gasteiger partial charge in [-0.2, -0.15) is 0 Å². The van der Waals surface area contributed by atoms with Crippen LogP contribution in [0.25, 0.3) is 22.8 Å². The molecule has 0 amide bonds. The van der Waals surface area contributed by atoms with Crippen LogP contribution in [0.3, 0.4) is 0 Å². The molecule has 0 saturated heterocycles. The lowest BCUT2D eigenvalue weighted by molar-refractivity contribution is 0.355. The summed E-state index contributed by atoms with van der Waals surface area (Å²) in [5.74, 6) is 2.80. The maximum atomic E-state index is 5.81. The monoisotopic (exact) mass is 503 g/mol. The molecule has 1 N–H and O–H groups in total. The first-order valence-electron chi connectivity index (χ1n) is 12.7. The third kappa shape index (κ3) is 6.40. The second-order valence-corrected chi connectivity index (χ2v) is 10.1. The third-order valence-electron chi connectivity index (χ3n) is 6.49. The number of hydrogen-bond donors (Lipinski definition) is 1. The van der Waals surface area contributed by atoms with Crippen LogP contribution >= 0.6 is 0 Å². The van der Waals surface area contributed by atoms with Gasteiger partial charge >= 0.3 is 0 Å². The smallest absolute Gasteiger partial charge is 0.168 e. The zero-order valence-electron chi connectivity index (χ0n) is 23.7. The highest BCUT2D eigenvalue weighted by Crippen LogP contribution is 2.42. The first-order valence-corrected chi connectivity index (χ1v) is 12.7. The Morgan fingerprint density at radius 1 is 0.811 bits per heavy atom. The van der Waals surface area contributed by atoms with Crippen LogP contribution in [0, 0.1) is 0 Å². The number of anilines is 1. The topological polar surface area (TPSA) is 49.0 Å². The van der Waals surface area contributed by atoms with Crippen LogP contribution in [0.4, 0.5) is 5.69 Å². The van der Waals surface area contributed by atoms with Crippen molar-refractivity contribution in [1.82, 2.24) is 0 Å². The maximum absolute atomic E-state index is 5.81. The fraction of sp³-hybridized carbons (Fsp3) is 0.375. The largest absolute Gasteiger partial charge is 0.493 e. The van der Waals surface area contributed by atoms with Crippen LogP contribution < -0.4 is 24.3 Å². The summed E-state index contributed by atoms with van der Waals surface area (Å²) in [7, 11) is 6.67. The minimum Gasteiger partial charge on any atom is -0.493 e. The Hall–Kier alpha value is -3.60. The molecule has 0 atom stereocenters. The predicted octanol–water partition coefficient (Wildman–Crippen LogP) is 8.07. The molecule has 0 aromatic heterocycles. The molecule has 0 aliphatic rings. The number of methoxy groups -OCH3 is 4. The lowest BCUT2D eigenvalue weighted by Gasteiger charge is -2.20. The molecule has 0 spiro atoms. The van der Waals surface area contributed by atoms with Gasteiger partial charge in [-0.25, -0.2) is 0 Å². The van der Waals surface area contributed by atoms with Crippen molar-refractivity contribution < 1.29 is 18.9 Å². The minimum absolute atomic E-state index is 0.0877. The van der Waals surface area contributed by atoms with E-state index in [1.54, 1.807) is 28.4 Å². The summed E-state index contributed by atoms with van der Waals surface area (Å²) >= 11 is 0. The molecule has 3 aromatic carbocycles. The van der Waals surface area contributed by atoms with E-state index in [1.807, 2.05) is 18.2 Å². The van der Waals surface area contributed by atoms with Gasteiger partial charge in [0.25, 0.3) is 0 Å². The van der Waals surface area contributed by atoms with Gasteiger partial charge in [-0.15, -0.1) is 0 Å². The standard InChI is InChI=1S/C32H41NO4/c1-10-15-33-27-20-29(35-7)28(34-6)19-24(27)16-21(2)23-17-26(31(37-9)30(18-23)36-8)22-11-13-25(14-12-22)32(3,4)5/h11-14,16-20,33H,10,15H2,1-9H3/b21-16+. The van der Waals surface area contributed by atoms with E-state index in [0.29, 0.717) is 17.2 Å². The van der Waals surface area contributed by atoms with Crippen molar-refractivity contribution in [3.05, 3.63) is 65.2 Å². The fourth-order valence-corrected chi connectivity index (χ4v) is 4.30. The average Bonchev–Trinajstić information content (AvgIpc) is 2.90. The van der Waals surface area contributed by atoms with Gasteiger partial charge in [0, 0.05) is 29.4 Å². The molecular weight excluding hydrogens is 462 g/mol. The predicted molar refractivity (Wildman–Crippen MR) is 156 cm³/mol. The number of benzene rings is 3. The number of rotatable bonds is 10. The number of ether oxygens (including phenoxy) is 4. The van der Waals surface area contributed by atoms with E-state index in [0.717, 1.165) is 52.2 Å². The van der Waals surface area contributed by atoms with Gasteiger partial charge in [0.2, 0.25) is 0 Å². The van der Waals surface area contributed by atoms with Crippen molar-refractivity contribution in [3.8, 4) is 34.1 Å². The summed E-state index contributed by atoms with van der Waals surface area (Å²) in [5, 5.41) is 3.52. The molecule has 0 fully saturated rings. The second-order valence-electron chi connectivity index (χ2n) is 10.1. The van der Waals surface area contributed by atoms with Gasteiger partial charge in [-0.05, 0) is 65.3 Å². The Balaban J connectivity index is 2.15. The highest BCUT2D eigenvalue weighted by molar-refractivity contribution is 5.88. The average molecular weight is 504 g/mol.